The van der Waals surface area contributed by atoms with Gasteiger partial charge in [0.2, 0.25) is 5.91 Å². The molecule has 1 aliphatic heterocycles. The summed E-state index contributed by atoms with van der Waals surface area (Å²) in [5.74, 6) is 1.74. The fourth-order valence-corrected chi connectivity index (χ4v) is 5.18. The van der Waals surface area contributed by atoms with Crippen molar-refractivity contribution in [1.29, 1.82) is 0 Å². The van der Waals surface area contributed by atoms with E-state index < -0.39 is 12.2 Å². The van der Waals surface area contributed by atoms with E-state index in [0.717, 1.165) is 15.8 Å². The van der Waals surface area contributed by atoms with Gasteiger partial charge in [0, 0.05) is 18.5 Å². The number of thioether (sulfide) groups is 1. The van der Waals surface area contributed by atoms with Crippen LogP contribution in [0.15, 0.2) is 9.72 Å². The van der Waals surface area contributed by atoms with Crippen molar-refractivity contribution in [3.8, 4) is 0 Å². The molecule has 122 valence electrons. The first-order valence-corrected chi connectivity index (χ1v) is 9.64. The van der Waals surface area contributed by atoms with Crippen molar-refractivity contribution >= 4 is 29.0 Å². The van der Waals surface area contributed by atoms with Gasteiger partial charge in [-0.3, -0.25) is 4.79 Å². The Morgan fingerprint density at radius 1 is 1.36 bits per heavy atom. The van der Waals surface area contributed by atoms with Crippen molar-refractivity contribution in [3.05, 3.63) is 11.1 Å². The summed E-state index contributed by atoms with van der Waals surface area (Å²) in [6.45, 7) is 3.49. The second kappa shape index (κ2) is 6.86. The van der Waals surface area contributed by atoms with Gasteiger partial charge in [-0.05, 0) is 30.4 Å². The molecule has 3 rings (SSSR count). The highest BCUT2D eigenvalue weighted by Gasteiger charge is 2.42. The molecule has 2 fully saturated rings. The number of amides is 1. The van der Waals surface area contributed by atoms with Crippen LogP contribution in [-0.4, -0.2) is 57.1 Å². The third-order valence-corrected chi connectivity index (χ3v) is 6.54. The van der Waals surface area contributed by atoms with Crippen LogP contribution < -0.4 is 0 Å². The lowest BCUT2D eigenvalue weighted by atomic mass is 9.79. The molecule has 0 unspecified atom stereocenters. The largest absolute Gasteiger partial charge is 0.390 e. The van der Waals surface area contributed by atoms with Crippen LogP contribution in [0.3, 0.4) is 0 Å². The van der Waals surface area contributed by atoms with Gasteiger partial charge < -0.3 is 15.1 Å². The number of rotatable bonds is 4. The molecule has 1 aromatic heterocycles. The molecule has 0 bridgehead atoms. The Labute approximate surface area is 138 Å². The van der Waals surface area contributed by atoms with Crippen molar-refractivity contribution in [2.75, 3.05) is 18.8 Å². The lowest BCUT2D eigenvalue weighted by Gasteiger charge is -2.31. The molecule has 5 nitrogen and oxygen atoms in total. The zero-order chi connectivity index (χ0) is 15.7. The summed E-state index contributed by atoms with van der Waals surface area (Å²) in [6.07, 6.45) is 0.283. The monoisotopic (exact) mass is 342 g/mol. The van der Waals surface area contributed by atoms with Gasteiger partial charge in [-0.1, -0.05) is 18.7 Å². The van der Waals surface area contributed by atoms with Crippen LogP contribution >= 0.6 is 23.1 Å². The summed E-state index contributed by atoms with van der Waals surface area (Å²) in [5.41, 5.74) is 0.848. The number of aliphatic hydroxyl groups excluding tert-OH is 2. The molecule has 1 amide bonds. The number of aliphatic hydroxyl groups is 2. The molecule has 2 heterocycles. The molecule has 1 saturated heterocycles. The summed E-state index contributed by atoms with van der Waals surface area (Å²) in [5, 5.41) is 21.5. The maximum absolute atomic E-state index is 12.4. The summed E-state index contributed by atoms with van der Waals surface area (Å²) in [6, 6.07) is 0. The molecule has 22 heavy (non-hydrogen) atoms. The molecule has 2 N–H and O–H groups in total. The molecule has 2 aliphatic rings. The highest BCUT2D eigenvalue weighted by Crippen LogP contribution is 2.36. The third kappa shape index (κ3) is 3.48. The predicted molar refractivity (Wildman–Crippen MR) is 87.0 cm³/mol. The summed E-state index contributed by atoms with van der Waals surface area (Å²) >= 11 is 3.29. The number of carbonyl (C=O) groups excluding carboxylic acids is 1. The van der Waals surface area contributed by atoms with Crippen LogP contribution in [0.2, 0.25) is 0 Å². The number of thiazole rings is 1. The molecule has 4 atom stereocenters. The van der Waals surface area contributed by atoms with E-state index in [1.165, 1.54) is 0 Å². The first-order valence-electron chi connectivity index (χ1n) is 7.78. The molecular weight excluding hydrogens is 320 g/mol. The summed E-state index contributed by atoms with van der Waals surface area (Å²) in [4.78, 5) is 18.8. The van der Waals surface area contributed by atoms with Gasteiger partial charge in [-0.25, -0.2) is 4.98 Å². The minimum atomic E-state index is -0.636. The van der Waals surface area contributed by atoms with Gasteiger partial charge >= 0.3 is 0 Å². The predicted octanol–water partition coefficient (Wildman–Crippen LogP) is 1.39. The number of nitrogens with zero attached hydrogens (tertiary/aromatic N) is 2. The number of likely N-dealkylation sites (tertiary alicyclic amines) is 1. The Morgan fingerprint density at radius 2 is 2.00 bits per heavy atom. The quantitative estimate of drug-likeness (QED) is 0.809. The molecule has 0 aromatic carbocycles. The topological polar surface area (TPSA) is 73.7 Å². The zero-order valence-electron chi connectivity index (χ0n) is 12.6. The highest BCUT2D eigenvalue weighted by atomic mass is 32.2. The van der Waals surface area contributed by atoms with Crippen molar-refractivity contribution in [1.82, 2.24) is 9.88 Å². The van der Waals surface area contributed by atoms with E-state index >= 15 is 0 Å². The number of aromatic nitrogens is 1. The zero-order valence-corrected chi connectivity index (χ0v) is 14.3. The minimum Gasteiger partial charge on any atom is -0.390 e. The summed E-state index contributed by atoms with van der Waals surface area (Å²) in [7, 11) is 0. The van der Waals surface area contributed by atoms with E-state index in [1.807, 2.05) is 10.3 Å². The van der Waals surface area contributed by atoms with Gasteiger partial charge in [0.25, 0.3) is 0 Å². The fourth-order valence-electron chi connectivity index (χ4n) is 3.44. The normalized spacial score (nSPS) is 31.3. The van der Waals surface area contributed by atoms with Gasteiger partial charge in [-0.2, -0.15) is 0 Å². The molecular formula is C15H22N2O3S2. The van der Waals surface area contributed by atoms with Gasteiger partial charge in [-0.15, -0.1) is 11.3 Å². The average Bonchev–Trinajstić information content (AvgIpc) is 3.07. The molecule has 1 aliphatic carbocycles. The van der Waals surface area contributed by atoms with Crippen LogP contribution in [0.5, 0.6) is 0 Å². The van der Waals surface area contributed by atoms with E-state index in [1.54, 1.807) is 23.1 Å². The number of fused-ring (bicyclic) bond motifs is 1. The number of hydrogen-bond donors (Lipinski definition) is 2. The van der Waals surface area contributed by atoms with E-state index in [2.05, 4.69) is 11.9 Å². The van der Waals surface area contributed by atoms with E-state index in [4.69, 9.17) is 0 Å². The summed E-state index contributed by atoms with van der Waals surface area (Å²) < 4.78 is 1.02. The number of carbonyl (C=O) groups is 1. The van der Waals surface area contributed by atoms with Crippen molar-refractivity contribution in [3.63, 3.8) is 0 Å². The molecule has 1 aromatic rings. The molecule has 1 saturated carbocycles. The first kappa shape index (κ1) is 16.2. The smallest absolute Gasteiger partial charge is 0.228 e. The van der Waals surface area contributed by atoms with Crippen molar-refractivity contribution in [2.24, 2.45) is 11.8 Å². The van der Waals surface area contributed by atoms with Crippen LogP contribution in [0.25, 0.3) is 0 Å². The Morgan fingerprint density at radius 3 is 2.59 bits per heavy atom. The van der Waals surface area contributed by atoms with Crippen molar-refractivity contribution in [2.45, 2.75) is 42.7 Å². The minimum absolute atomic E-state index is 0.108. The van der Waals surface area contributed by atoms with Crippen LogP contribution in [0, 0.1) is 11.8 Å². The third-order valence-electron chi connectivity index (χ3n) is 4.59. The second-order valence-electron chi connectivity index (χ2n) is 6.14. The molecule has 7 heteroatoms. The SMILES string of the molecule is CCSc1nc(CC(=O)N2C[C@H]3C[C@H](O)[C@H](O)C[C@H]3C2)cs1. The van der Waals surface area contributed by atoms with Crippen LogP contribution in [-0.2, 0) is 11.2 Å². The van der Waals surface area contributed by atoms with Gasteiger partial charge in [0.1, 0.15) is 4.34 Å². The van der Waals surface area contributed by atoms with E-state index in [-0.39, 0.29) is 5.91 Å². The van der Waals surface area contributed by atoms with E-state index in [0.29, 0.717) is 44.2 Å². The Balaban J connectivity index is 1.57. The fraction of sp³-hybridized carbons (Fsp3) is 0.733. The maximum atomic E-state index is 12.4. The van der Waals surface area contributed by atoms with Gasteiger partial charge in [0.15, 0.2) is 0 Å². The van der Waals surface area contributed by atoms with E-state index in [9.17, 15) is 15.0 Å². The highest BCUT2D eigenvalue weighted by molar-refractivity contribution is 8.00. The second-order valence-corrected chi connectivity index (χ2v) is 8.51. The Hall–Kier alpha value is -0.630. The average molecular weight is 342 g/mol. The van der Waals surface area contributed by atoms with Crippen LogP contribution in [0.1, 0.15) is 25.5 Å². The standard InChI is InChI=1S/C15H22N2O3S2/c1-2-21-15-16-11(8-22-15)5-14(20)17-6-9-3-12(18)13(19)4-10(9)7-17/h8-10,12-13,18-19H,2-7H2,1H3/t9-,10+,12+,13-. The molecule has 0 radical (unpaired) electrons. The lowest BCUT2D eigenvalue weighted by molar-refractivity contribution is -0.129. The first-order chi connectivity index (χ1) is 10.6. The maximum Gasteiger partial charge on any atom is 0.228 e. The van der Waals surface area contributed by atoms with Crippen LogP contribution in [0.4, 0.5) is 0 Å². The number of hydrogen-bond acceptors (Lipinski definition) is 6. The molecule has 0 spiro atoms. The van der Waals surface area contributed by atoms with Crippen molar-refractivity contribution < 1.29 is 15.0 Å². The van der Waals surface area contributed by atoms with Gasteiger partial charge in [0.05, 0.1) is 24.3 Å². The Bertz CT molecular complexity index is 519. The Kier molecular flexibility index (Phi) is 5.07. The lowest BCUT2D eigenvalue weighted by Crippen LogP contribution is -2.38.